The van der Waals surface area contributed by atoms with E-state index in [1.807, 2.05) is 0 Å². The van der Waals surface area contributed by atoms with Crippen LogP contribution in [0.1, 0.15) is 34.6 Å². The summed E-state index contributed by atoms with van der Waals surface area (Å²) < 4.78 is 37.6. The fourth-order valence-corrected chi connectivity index (χ4v) is 2.23. The van der Waals surface area contributed by atoms with Crippen LogP contribution in [0, 0.1) is 5.92 Å². The Morgan fingerprint density at radius 1 is 1.12 bits per heavy atom. The molecule has 5 nitrogen and oxygen atoms in total. The standard InChI is InChI=1S/C18H17F3N2O3/c1-10(2)15(24)13-7-8-14(23-16(13)22-9-18(19,20)21)11-3-5-12(6-4-11)17(25)26/h3-8,10H,9H2,1-2H3,(H,22,23)(H,25,26). The first-order chi connectivity index (χ1) is 12.1. The van der Waals surface area contributed by atoms with Crippen LogP contribution in [0.15, 0.2) is 36.4 Å². The Balaban J connectivity index is 2.42. The number of nitrogens with zero attached hydrogens (tertiary/aromatic N) is 1. The number of halogens is 3. The summed E-state index contributed by atoms with van der Waals surface area (Å²) in [6.45, 7) is 1.97. The number of benzene rings is 1. The zero-order valence-corrected chi connectivity index (χ0v) is 14.1. The second-order valence-corrected chi connectivity index (χ2v) is 5.96. The van der Waals surface area contributed by atoms with Gasteiger partial charge in [0.05, 0.1) is 16.8 Å². The summed E-state index contributed by atoms with van der Waals surface area (Å²) in [5.74, 6) is -1.96. The molecule has 0 saturated heterocycles. The predicted octanol–water partition coefficient (Wildman–Crippen LogP) is 4.26. The highest BCUT2D eigenvalue weighted by Crippen LogP contribution is 2.25. The number of carboxylic acids is 1. The summed E-state index contributed by atoms with van der Waals surface area (Å²) in [6.07, 6.45) is -4.46. The number of pyridine rings is 1. The number of carbonyl (C=O) groups excluding carboxylic acids is 1. The van der Waals surface area contributed by atoms with Gasteiger partial charge in [-0.05, 0) is 24.3 Å². The lowest BCUT2D eigenvalue weighted by molar-refractivity contribution is -0.115. The molecule has 0 unspecified atom stereocenters. The van der Waals surface area contributed by atoms with Crippen LogP contribution in [0.5, 0.6) is 0 Å². The number of anilines is 1. The van der Waals surface area contributed by atoms with Gasteiger partial charge in [0.25, 0.3) is 0 Å². The van der Waals surface area contributed by atoms with E-state index in [0.29, 0.717) is 11.3 Å². The van der Waals surface area contributed by atoms with Gasteiger partial charge in [-0.15, -0.1) is 0 Å². The van der Waals surface area contributed by atoms with E-state index in [0.717, 1.165) is 0 Å². The van der Waals surface area contributed by atoms with Crippen LogP contribution in [0.2, 0.25) is 0 Å². The van der Waals surface area contributed by atoms with E-state index >= 15 is 0 Å². The third-order valence-electron chi connectivity index (χ3n) is 3.57. The van der Waals surface area contributed by atoms with Crippen molar-refractivity contribution in [3.63, 3.8) is 0 Å². The van der Waals surface area contributed by atoms with Crippen molar-refractivity contribution in [2.75, 3.05) is 11.9 Å². The van der Waals surface area contributed by atoms with Crippen molar-refractivity contribution in [2.45, 2.75) is 20.0 Å². The van der Waals surface area contributed by atoms with Gasteiger partial charge in [0.15, 0.2) is 5.78 Å². The van der Waals surface area contributed by atoms with Crippen LogP contribution >= 0.6 is 0 Å². The Bertz CT molecular complexity index is 815. The van der Waals surface area contributed by atoms with Gasteiger partial charge in [-0.1, -0.05) is 26.0 Å². The van der Waals surface area contributed by atoms with Crippen molar-refractivity contribution in [2.24, 2.45) is 5.92 Å². The number of nitrogens with one attached hydrogen (secondary N) is 1. The molecule has 0 fully saturated rings. The molecular formula is C18H17F3N2O3. The number of hydrogen-bond acceptors (Lipinski definition) is 4. The van der Waals surface area contributed by atoms with E-state index in [4.69, 9.17) is 5.11 Å². The summed E-state index contributed by atoms with van der Waals surface area (Å²) >= 11 is 0. The minimum absolute atomic E-state index is 0.0788. The van der Waals surface area contributed by atoms with Gasteiger partial charge in [-0.25, -0.2) is 9.78 Å². The van der Waals surface area contributed by atoms with Gasteiger partial charge in [0, 0.05) is 11.5 Å². The summed E-state index contributed by atoms with van der Waals surface area (Å²) in [5, 5.41) is 11.1. The van der Waals surface area contributed by atoms with Crippen molar-refractivity contribution in [1.29, 1.82) is 0 Å². The minimum atomic E-state index is -4.46. The summed E-state index contributed by atoms with van der Waals surface area (Å²) in [4.78, 5) is 27.3. The van der Waals surface area contributed by atoms with Gasteiger partial charge >= 0.3 is 12.1 Å². The number of carbonyl (C=O) groups is 2. The van der Waals surface area contributed by atoms with E-state index in [-0.39, 0.29) is 22.7 Å². The molecule has 0 atom stereocenters. The monoisotopic (exact) mass is 366 g/mol. The van der Waals surface area contributed by atoms with Crippen LogP contribution in [0.25, 0.3) is 11.3 Å². The number of Topliss-reactive ketones (excluding diaryl/α,β-unsaturated/α-hetero) is 1. The molecule has 0 aliphatic carbocycles. The molecule has 1 aromatic heterocycles. The number of rotatable bonds is 6. The fourth-order valence-electron chi connectivity index (χ4n) is 2.23. The molecule has 0 saturated carbocycles. The van der Waals surface area contributed by atoms with Crippen LogP contribution in [0.3, 0.4) is 0 Å². The number of alkyl halides is 3. The second kappa shape index (κ2) is 7.55. The second-order valence-electron chi connectivity index (χ2n) is 5.96. The molecule has 138 valence electrons. The molecule has 1 aromatic carbocycles. The van der Waals surface area contributed by atoms with Crippen LogP contribution in [-0.4, -0.2) is 34.6 Å². The Hall–Kier alpha value is -2.90. The lowest BCUT2D eigenvalue weighted by Gasteiger charge is -2.15. The highest BCUT2D eigenvalue weighted by Gasteiger charge is 2.28. The molecular weight excluding hydrogens is 349 g/mol. The zero-order chi connectivity index (χ0) is 19.5. The van der Waals surface area contributed by atoms with Crippen LogP contribution < -0.4 is 5.32 Å². The minimum Gasteiger partial charge on any atom is -0.478 e. The molecule has 1 heterocycles. The van der Waals surface area contributed by atoms with E-state index in [1.165, 1.54) is 36.4 Å². The summed E-state index contributed by atoms with van der Waals surface area (Å²) in [7, 11) is 0. The van der Waals surface area contributed by atoms with Crippen molar-refractivity contribution in [1.82, 2.24) is 4.98 Å². The SMILES string of the molecule is CC(C)C(=O)c1ccc(-c2ccc(C(=O)O)cc2)nc1NCC(F)(F)F. The molecule has 2 rings (SSSR count). The number of ketones is 1. The average Bonchev–Trinajstić information content (AvgIpc) is 2.58. The van der Waals surface area contributed by atoms with E-state index in [9.17, 15) is 22.8 Å². The number of aromatic carboxylic acids is 1. The molecule has 0 radical (unpaired) electrons. The predicted molar refractivity (Wildman–Crippen MR) is 90.3 cm³/mol. The normalized spacial score (nSPS) is 11.5. The Morgan fingerprint density at radius 3 is 2.23 bits per heavy atom. The Morgan fingerprint density at radius 2 is 1.73 bits per heavy atom. The molecule has 0 spiro atoms. The molecule has 2 aromatic rings. The average molecular weight is 366 g/mol. The molecule has 26 heavy (non-hydrogen) atoms. The fraction of sp³-hybridized carbons (Fsp3) is 0.278. The molecule has 2 N–H and O–H groups in total. The van der Waals surface area contributed by atoms with Crippen LogP contribution in [-0.2, 0) is 0 Å². The first-order valence-corrected chi connectivity index (χ1v) is 7.78. The van der Waals surface area contributed by atoms with Crippen molar-refractivity contribution in [3.8, 4) is 11.3 Å². The maximum atomic E-state index is 12.5. The maximum Gasteiger partial charge on any atom is 0.405 e. The lowest BCUT2D eigenvalue weighted by Crippen LogP contribution is -2.23. The molecule has 0 aliphatic rings. The van der Waals surface area contributed by atoms with Crippen molar-refractivity contribution >= 4 is 17.6 Å². The quantitative estimate of drug-likeness (QED) is 0.747. The molecule has 8 heteroatoms. The van der Waals surface area contributed by atoms with Gasteiger partial charge in [-0.2, -0.15) is 13.2 Å². The largest absolute Gasteiger partial charge is 0.478 e. The first-order valence-electron chi connectivity index (χ1n) is 7.78. The van der Waals surface area contributed by atoms with Gasteiger partial charge in [0.2, 0.25) is 0 Å². The number of aromatic nitrogens is 1. The van der Waals surface area contributed by atoms with Gasteiger partial charge in [-0.3, -0.25) is 4.79 Å². The zero-order valence-electron chi connectivity index (χ0n) is 14.1. The molecule has 0 aliphatic heterocycles. The smallest absolute Gasteiger partial charge is 0.405 e. The van der Waals surface area contributed by atoms with E-state index in [1.54, 1.807) is 13.8 Å². The topological polar surface area (TPSA) is 79.3 Å². The summed E-state index contributed by atoms with van der Waals surface area (Å²) in [6, 6.07) is 8.69. The van der Waals surface area contributed by atoms with Crippen molar-refractivity contribution < 1.29 is 27.9 Å². The molecule has 0 amide bonds. The molecule has 0 bridgehead atoms. The number of carboxylic acid groups (broad SMARTS) is 1. The van der Waals surface area contributed by atoms with E-state index in [2.05, 4.69) is 10.3 Å². The van der Waals surface area contributed by atoms with E-state index < -0.39 is 24.6 Å². The van der Waals surface area contributed by atoms with Gasteiger partial charge in [0.1, 0.15) is 12.4 Å². The Labute approximate surface area is 147 Å². The van der Waals surface area contributed by atoms with Crippen LogP contribution in [0.4, 0.5) is 19.0 Å². The summed E-state index contributed by atoms with van der Waals surface area (Å²) in [5.41, 5.74) is 1.01. The third-order valence-corrected chi connectivity index (χ3v) is 3.57. The maximum absolute atomic E-state index is 12.5. The Kier molecular flexibility index (Phi) is 5.64. The highest BCUT2D eigenvalue weighted by atomic mass is 19.4. The lowest BCUT2D eigenvalue weighted by atomic mass is 10.0. The third kappa shape index (κ3) is 4.81. The van der Waals surface area contributed by atoms with Gasteiger partial charge < -0.3 is 10.4 Å². The highest BCUT2D eigenvalue weighted by molar-refractivity contribution is 6.02. The van der Waals surface area contributed by atoms with Crippen molar-refractivity contribution in [3.05, 3.63) is 47.5 Å². The first kappa shape index (κ1) is 19.4. The number of hydrogen-bond donors (Lipinski definition) is 2.